The van der Waals surface area contributed by atoms with Gasteiger partial charge in [-0.2, -0.15) is 8.78 Å². The van der Waals surface area contributed by atoms with Gasteiger partial charge in [0.25, 0.3) is 0 Å². The Morgan fingerprint density at radius 2 is 2.12 bits per heavy atom. The Morgan fingerprint density at radius 3 is 2.12 bits per heavy atom. The van der Waals surface area contributed by atoms with Crippen LogP contribution in [-0.2, 0) is 4.79 Å². The third kappa shape index (κ3) is 1.97. The van der Waals surface area contributed by atoms with Crippen molar-refractivity contribution in [1.29, 1.82) is 0 Å². The van der Waals surface area contributed by atoms with Crippen molar-refractivity contribution < 1.29 is 13.6 Å². The molecule has 0 spiro atoms. The Hall–Kier alpha value is -0.510. The first-order valence-electron chi connectivity index (χ1n) is 2.09. The van der Waals surface area contributed by atoms with Crippen LogP contribution in [0.25, 0.3) is 0 Å². The van der Waals surface area contributed by atoms with E-state index in [2.05, 4.69) is 5.73 Å². The van der Waals surface area contributed by atoms with Crippen molar-refractivity contribution in [3.05, 3.63) is 0 Å². The summed E-state index contributed by atoms with van der Waals surface area (Å²) in [5.74, 6) is -4.48. The minimum absolute atomic E-state index is 0.530. The normalized spacial score (nSPS) is 11.5. The summed E-state index contributed by atoms with van der Waals surface area (Å²) in [5.41, 5.74) is 4.63. The molecule has 0 aliphatic rings. The highest BCUT2D eigenvalue weighted by Gasteiger charge is 2.29. The van der Waals surface area contributed by atoms with E-state index in [0.717, 1.165) is 0 Å². The smallest absolute Gasteiger partial charge is 0.303 e. The fraction of sp³-hybridized carbons (Fsp3) is 0.750. The van der Waals surface area contributed by atoms with E-state index in [-0.39, 0.29) is 0 Å². The Balaban J connectivity index is 3.82. The fourth-order valence-electron chi connectivity index (χ4n) is 0.179. The molecule has 0 aliphatic carbocycles. The number of carbonyl (C=O) groups excluding carboxylic acids is 1. The second kappa shape index (κ2) is 2.17. The number of halogens is 2. The largest absolute Gasteiger partial charge is 0.324 e. The van der Waals surface area contributed by atoms with Gasteiger partial charge in [0.05, 0.1) is 6.54 Å². The van der Waals surface area contributed by atoms with Crippen molar-refractivity contribution in [1.82, 2.24) is 0 Å². The maximum absolute atomic E-state index is 11.7. The van der Waals surface area contributed by atoms with E-state index < -0.39 is 18.3 Å². The lowest BCUT2D eigenvalue weighted by molar-refractivity contribution is -0.138. The molecule has 4 heteroatoms. The van der Waals surface area contributed by atoms with Gasteiger partial charge in [-0.25, -0.2) is 0 Å². The molecule has 0 aliphatic heterocycles. The standard InChI is InChI=1S/C4H7F2NO/c1-4(5,6)3(8)2-7/h2,7H2,1H3. The summed E-state index contributed by atoms with van der Waals surface area (Å²) in [6.07, 6.45) is 0. The van der Waals surface area contributed by atoms with Gasteiger partial charge in [-0.1, -0.05) is 0 Å². The molecule has 0 amide bonds. The summed E-state index contributed by atoms with van der Waals surface area (Å²) >= 11 is 0. The summed E-state index contributed by atoms with van der Waals surface area (Å²) < 4.78 is 23.4. The predicted molar refractivity (Wildman–Crippen MR) is 24.7 cm³/mol. The Kier molecular flexibility index (Phi) is 2.03. The minimum atomic E-state index is -3.26. The number of alkyl halides is 2. The highest BCUT2D eigenvalue weighted by Crippen LogP contribution is 2.10. The molecular formula is C4H7F2NO. The summed E-state index contributed by atoms with van der Waals surface area (Å²) in [7, 11) is 0. The molecule has 0 atom stereocenters. The Labute approximate surface area is 45.7 Å². The van der Waals surface area contributed by atoms with Crippen molar-refractivity contribution in [2.24, 2.45) is 5.73 Å². The van der Waals surface area contributed by atoms with Crippen LogP contribution >= 0.6 is 0 Å². The van der Waals surface area contributed by atoms with Gasteiger partial charge in [-0.15, -0.1) is 0 Å². The third-order valence-electron chi connectivity index (χ3n) is 0.675. The van der Waals surface area contributed by atoms with Crippen LogP contribution < -0.4 is 5.73 Å². The molecule has 2 N–H and O–H groups in total. The highest BCUT2D eigenvalue weighted by molar-refractivity contribution is 5.86. The number of hydrogen-bond acceptors (Lipinski definition) is 2. The van der Waals surface area contributed by atoms with Crippen LogP contribution in [0.3, 0.4) is 0 Å². The fourth-order valence-corrected chi connectivity index (χ4v) is 0.179. The number of hydrogen-bond donors (Lipinski definition) is 1. The quantitative estimate of drug-likeness (QED) is 0.568. The van der Waals surface area contributed by atoms with Crippen LogP contribution in [0.5, 0.6) is 0 Å². The second-order valence-electron chi connectivity index (χ2n) is 1.52. The lowest BCUT2D eigenvalue weighted by Gasteiger charge is -2.04. The molecule has 0 heterocycles. The van der Waals surface area contributed by atoms with E-state index in [0.29, 0.717) is 6.92 Å². The highest BCUT2D eigenvalue weighted by atomic mass is 19.3. The average molecular weight is 123 g/mol. The maximum atomic E-state index is 11.7. The van der Waals surface area contributed by atoms with Crippen molar-refractivity contribution in [3.8, 4) is 0 Å². The molecule has 0 unspecified atom stereocenters. The molecule has 8 heavy (non-hydrogen) atoms. The number of ketones is 1. The van der Waals surface area contributed by atoms with Crippen LogP contribution in [0.15, 0.2) is 0 Å². The maximum Gasteiger partial charge on any atom is 0.303 e. The van der Waals surface area contributed by atoms with Crippen LogP contribution in [0.1, 0.15) is 6.92 Å². The number of rotatable bonds is 2. The number of carbonyl (C=O) groups is 1. The van der Waals surface area contributed by atoms with Gasteiger partial charge >= 0.3 is 5.92 Å². The van der Waals surface area contributed by atoms with Gasteiger partial charge in [0, 0.05) is 6.92 Å². The lowest BCUT2D eigenvalue weighted by Crippen LogP contribution is -2.31. The van der Waals surface area contributed by atoms with Crippen LogP contribution in [0.4, 0.5) is 8.78 Å². The molecule has 0 aromatic rings. The van der Waals surface area contributed by atoms with E-state index in [9.17, 15) is 13.6 Å². The van der Waals surface area contributed by atoms with Crippen LogP contribution in [-0.4, -0.2) is 18.3 Å². The first-order valence-corrected chi connectivity index (χ1v) is 2.09. The first kappa shape index (κ1) is 7.49. The van der Waals surface area contributed by atoms with E-state index in [1.165, 1.54) is 0 Å². The zero-order valence-corrected chi connectivity index (χ0v) is 4.45. The second-order valence-corrected chi connectivity index (χ2v) is 1.52. The molecule has 0 saturated carbocycles. The summed E-state index contributed by atoms with van der Waals surface area (Å²) in [5, 5.41) is 0. The summed E-state index contributed by atoms with van der Waals surface area (Å²) in [6, 6.07) is 0. The third-order valence-corrected chi connectivity index (χ3v) is 0.675. The van der Waals surface area contributed by atoms with Crippen molar-refractivity contribution in [2.45, 2.75) is 12.8 Å². The Morgan fingerprint density at radius 1 is 1.75 bits per heavy atom. The minimum Gasteiger partial charge on any atom is -0.324 e. The molecule has 0 rings (SSSR count). The van der Waals surface area contributed by atoms with Crippen molar-refractivity contribution >= 4 is 5.78 Å². The van der Waals surface area contributed by atoms with Gasteiger partial charge in [-0.05, 0) is 0 Å². The topological polar surface area (TPSA) is 43.1 Å². The molecule has 48 valence electrons. The molecule has 0 aromatic heterocycles. The van der Waals surface area contributed by atoms with Gasteiger partial charge in [0.2, 0.25) is 5.78 Å². The van der Waals surface area contributed by atoms with Gasteiger partial charge in [0.1, 0.15) is 0 Å². The molecule has 0 saturated heterocycles. The monoisotopic (exact) mass is 123 g/mol. The van der Waals surface area contributed by atoms with E-state index in [1.807, 2.05) is 0 Å². The number of nitrogens with two attached hydrogens (primary N) is 1. The van der Waals surface area contributed by atoms with Crippen molar-refractivity contribution in [3.63, 3.8) is 0 Å². The molecule has 0 radical (unpaired) electrons. The Bertz CT molecular complexity index is 96.7. The molecular weight excluding hydrogens is 116 g/mol. The molecule has 0 bridgehead atoms. The van der Waals surface area contributed by atoms with Crippen LogP contribution in [0.2, 0.25) is 0 Å². The zero-order valence-electron chi connectivity index (χ0n) is 4.45. The predicted octanol–water partition coefficient (Wildman–Crippen LogP) is 0.169. The SMILES string of the molecule is CC(F)(F)C(=O)CN. The molecule has 0 fully saturated rings. The molecule has 2 nitrogen and oxygen atoms in total. The summed E-state index contributed by atoms with van der Waals surface area (Å²) in [4.78, 5) is 9.96. The van der Waals surface area contributed by atoms with Crippen LogP contribution in [0, 0.1) is 0 Å². The average Bonchev–Trinajstić information content (AvgIpc) is 1.62. The summed E-state index contributed by atoms with van der Waals surface area (Å²) in [6.45, 7) is -0.0638. The van der Waals surface area contributed by atoms with Gasteiger partial charge in [0.15, 0.2) is 0 Å². The zero-order chi connectivity index (χ0) is 6.78. The van der Waals surface area contributed by atoms with Gasteiger partial charge in [-0.3, -0.25) is 4.79 Å². The molecule has 0 aromatic carbocycles. The van der Waals surface area contributed by atoms with E-state index in [1.54, 1.807) is 0 Å². The first-order chi connectivity index (χ1) is 3.48. The lowest BCUT2D eigenvalue weighted by atomic mass is 10.2. The van der Waals surface area contributed by atoms with Crippen molar-refractivity contribution in [2.75, 3.05) is 6.54 Å². The number of Topliss-reactive ketones (excluding diaryl/α,β-unsaturated/α-hetero) is 1. The van der Waals surface area contributed by atoms with E-state index >= 15 is 0 Å². The van der Waals surface area contributed by atoms with Gasteiger partial charge < -0.3 is 5.73 Å². The van der Waals surface area contributed by atoms with E-state index in [4.69, 9.17) is 0 Å².